The summed E-state index contributed by atoms with van der Waals surface area (Å²) in [7, 11) is 0. The molecule has 3 nitrogen and oxygen atoms in total. The van der Waals surface area contributed by atoms with E-state index >= 15 is 0 Å². The molecule has 0 fully saturated rings. The summed E-state index contributed by atoms with van der Waals surface area (Å²) in [5.74, 6) is 0.656. The summed E-state index contributed by atoms with van der Waals surface area (Å²) >= 11 is 4.46. The third-order valence-corrected chi connectivity index (χ3v) is 1.66. The van der Waals surface area contributed by atoms with E-state index in [9.17, 15) is 0 Å². The summed E-state index contributed by atoms with van der Waals surface area (Å²) in [6.45, 7) is 2.00. The fourth-order valence-corrected chi connectivity index (χ4v) is 0.834. The van der Waals surface area contributed by atoms with Crippen molar-refractivity contribution in [2.75, 3.05) is 0 Å². The Kier molecular flexibility index (Phi) is 2.30. The van der Waals surface area contributed by atoms with Crippen LogP contribution in [0.25, 0.3) is 0 Å². The summed E-state index contributed by atoms with van der Waals surface area (Å²) in [4.78, 5) is 0. The van der Waals surface area contributed by atoms with E-state index in [1.165, 1.54) is 6.39 Å². The molecule has 0 aliphatic heterocycles. The Balaban J connectivity index is 2.90. The average Bonchev–Trinajstić information content (AvgIpc) is 2.08. The Bertz CT molecular complexity index is 179. The molecule has 0 unspecified atom stereocenters. The van der Waals surface area contributed by atoms with Gasteiger partial charge in [-0.25, -0.2) is 0 Å². The van der Waals surface area contributed by atoms with Crippen molar-refractivity contribution < 1.29 is 4.42 Å². The molecule has 1 aromatic rings. The molecule has 0 aliphatic carbocycles. The van der Waals surface area contributed by atoms with Crippen LogP contribution in [0, 0.1) is 0 Å². The molecule has 0 atom stereocenters. The molecule has 1 aromatic heterocycles. The van der Waals surface area contributed by atoms with E-state index in [1.807, 2.05) is 6.92 Å². The van der Waals surface area contributed by atoms with Crippen molar-refractivity contribution >= 4 is 45.2 Å². The van der Waals surface area contributed by atoms with E-state index in [-0.39, 0.29) is 1.43 Å². The molecule has 5 heteroatoms. The molecule has 0 saturated heterocycles. The molecular weight excluding hydrogens is 346 g/mol. The normalized spacial score (nSPS) is 11.9. The highest BCUT2D eigenvalue weighted by Gasteiger charge is 2.23. The SMILES string of the molecule is CC(I)(I)c1nnco1. The smallest absolute Gasteiger partial charge is 0.241 e. The zero-order valence-corrected chi connectivity index (χ0v) is 8.95. The fourth-order valence-electron chi connectivity index (χ4n) is 0.364. The number of nitrogens with zero attached hydrogens (tertiary/aromatic N) is 2. The quantitative estimate of drug-likeness (QED) is 0.576. The Morgan fingerprint density at radius 3 is 2.56 bits per heavy atom. The van der Waals surface area contributed by atoms with Crippen molar-refractivity contribution in [3.05, 3.63) is 12.3 Å². The van der Waals surface area contributed by atoms with Crippen molar-refractivity contribution in [1.82, 2.24) is 10.2 Å². The zero-order valence-electron chi connectivity index (χ0n) is 4.64. The number of hydrogen-bond donors (Lipinski definition) is 0. The second-order valence-electron chi connectivity index (χ2n) is 1.63. The lowest BCUT2D eigenvalue weighted by atomic mass is 10.5. The molecule has 1 rings (SSSR count). The maximum Gasteiger partial charge on any atom is 0.241 e. The van der Waals surface area contributed by atoms with Crippen LogP contribution in [0.15, 0.2) is 10.8 Å². The molecule has 0 N–H and O–H groups in total. The zero-order chi connectivity index (χ0) is 6.91. The van der Waals surface area contributed by atoms with Gasteiger partial charge in [0.1, 0.15) is 1.43 Å². The number of halogens is 2. The van der Waals surface area contributed by atoms with E-state index in [1.54, 1.807) is 0 Å². The predicted molar refractivity (Wildman–Crippen MR) is 49.7 cm³/mol. The molecular formula is C4H4I2N2O. The molecule has 1 heterocycles. The van der Waals surface area contributed by atoms with Crippen molar-refractivity contribution in [2.24, 2.45) is 0 Å². The molecule has 50 valence electrons. The minimum absolute atomic E-state index is 0.0774. The van der Waals surface area contributed by atoms with Gasteiger partial charge in [0, 0.05) is 0 Å². The third kappa shape index (κ3) is 2.03. The van der Waals surface area contributed by atoms with Crippen LogP contribution in [0.3, 0.4) is 0 Å². The number of rotatable bonds is 1. The van der Waals surface area contributed by atoms with Crippen LogP contribution >= 0.6 is 45.2 Å². The summed E-state index contributed by atoms with van der Waals surface area (Å²) in [5.41, 5.74) is 0. The van der Waals surface area contributed by atoms with Gasteiger partial charge in [0.2, 0.25) is 12.3 Å². The van der Waals surface area contributed by atoms with Crippen LogP contribution in [0.2, 0.25) is 0 Å². The molecule has 0 saturated carbocycles. The fraction of sp³-hybridized carbons (Fsp3) is 0.500. The van der Waals surface area contributed by atoms with Crippen LogP contribution in [-0.4, -0.2) is 10.2 Å². The van der Waals surface area contributed by atoms with Gasteiger partial charge in [0.15, 0.2) is 0 Å². The second kappa shape index (κ2) is 2.69. The van der Waals surface area contributed by atoms with Crippen molar-refractivity contribution in [2.45, 2.75) is 8.35 Å². The van der Waals surface area contributed by atoms with Gasteiger partial charge in [-0.2, -0.15) is 0 Å². The van der Waals surface area contributed by atoms with Crippen molar-refractivity contribution in [3.63, 3.8) is 0 Å². The first-order valence-electron chi connectivity index (χ1n) is 2.25. The third-order valence-electron chi connectivity index (χ3n) is 0.736. The molecule has 0 aliphatic rings. The van der Waals surface area contributed by atoms with Gasteiger partial charge in [-0.15, -0.1) is 10.2 Å². The summed E-state index contributed by atoms with van der Waals surface area (Å²) in [6.07, 6.45) is 1.34. The first-order chi connectivity index (χ1) is 4.11. The molecule has 0 spiro atoms. The number of aromatic nitrogens is 2. The Morgan fingerprint density at radius 2 is 2.33 bits per heavy atom. The minimum Gasteiger partial charge on any atom is -0.426 e. The highest BCUT2D eigenvalue weighted by molar-refractivity contribution is 14.2. The molecule has 0 aromatic carbocycles. The number of hydrogen-bond acceptors (Lipinski definition) is 3. The maximum atomic E-state index is 4.96. The van der Waals surface area contributed by atoms with Gasteiger partial charge in [0.05, 0.1) is 0 Å². The topological polar surface area (TPSA) is 38.9 Å². The highest BCUT2D eigenvalue weighted by atomic mass is 127. The van der Waals surface area contributed by atoms with Gasteiger partial charge < -0.3 is 4.42 Å². The first-order valence-corrected chi connectivity index (χ1v) is 4.41. The van der Waals surface area contributed by atoms with Crippen molar-refractivity contribution in [3.8, 4) is 0 Å². The van der Waals surface area contributed by atoms with Crippen molar-refractivity contribution in [1.29, 1.82) is 0 Å². The van der Waals surface area contributed by atoms with Gasteiger partial charge in [-0.05, 0) is 6.92 Å². The monoisotopic (exact) mass is 350 g/mol. The Hall–Kier alpha value is 0.600. The standard InChI is InChI=1S/C4H4I2N2O/c1-4(5,6)3-8-7-2-9-3/h2H,1H3. The first kappa shape index (κ1) is 7.70. The molecule has 0 radical (unpaired) electrons. The van der Waals surface area contributed by atoms with Crippen LogP contribution < -0.4 is 0 Å². The van der Waals surface area contributed by atoms with Crippen LogP contribution in [0.4, 0.5) is 0 Å². The van der Waals surface area contributed by atoms with Crippen LogP contribution in [0.5, 0.6) is 0 Å². The molecule has 0 bridgehead atoms. The van der Waals surface area contributed by atoms with Gasteiger partial charge in [-0.1, -0.05) is 45.2 Å². The van der Waals surface area contributed by atoms with Gasteiger partial charge >= 0.3 is 0 Å². The van der Waals surface area contributed by atoms with Gasteiger partial charge in [0.25, 0.3) is 0 Å². The summed E-state index contributed by atoms with van der Waals surface area (Å²) < 4.78 is 4.88. The largest absolute Gasteiger partial charge is 0.426 e. The van der Waals surface area contributed by atoms with Crippen LogP contribution in [-0.2, 0) is 1.43 Å². The second-order valence-corrected chi connectivity index (χ2v) is 8.01. The van der Waals surface area contributed by atoms with E-state index in [4.69, 9.17) is 4.42 Å². The predicted octanol–water partition coefficient (Wildman–Crippen LogP) is 2.11. The van der Waals surface area contributed by atoms with Crippen LogP contribution in [0.1, 0.15) is 12.8 Å². The number of alkyl halides is 2. The molecule has 0 amide bonds. The van der Waals surface area contributed by atoms with E-state index in [2.05, 4.69) is 55.4 Å². The lowest BCUT2D eigenvalue weighted by molar-refractivity contribution is 0.496. The highest BCUT2D eigenvalue weighted by Crippen LogP contribution is 2.36. The average molecular weight is 350 g/mol. The van der Waals surface area contributed by atoms with E-state index < -0.39 is 0 Å². The lowest BCUT2D eigenvalue weighted by Gasteiger charge is -2.05. The summed E-state index contributed by atoms with van der Waals surface area (Å²) in [6, 6.07) is 0. The maximum absolute atomic E-state index is 4.96. The van der Waals surface area contributed by atoms with E-state index in [0.29, 0.717) is 5.89 Å². The van der Waals surface area contributed by atoms with Gasteiger partial charge in [-0.3, -0.25) is 0 Å². The lowest BCUT2D eigenvalue weighted by Crippen LogP contribution is -2.01. The Labute approximate surface area is 79.9 Å². The summed E-state index contributed by atoms with van der Waals surface area (Å²) in [5, 5.41) is 7.32. The Morgan fingerprint density at radius 1 is 1.67 bits per heavy atom. The minimum atomic E-state index is -0.0774. The van der Waals surface area contributed by atoms with E-state index in [0.717, 1.165) is 0 Å². The molecule has 9 heavy (non-hydrogen) atoms.